The zero-order chi connectivity index (χ0) is 21.4. The summed E-state index contributed by atoms with van der Waals surface area (Å²) in [6.07, 6.45) is -0.239. The Morgan fingerprint density at radius 3 is 2.60 bits per heavy atom. The van der Waals surface area contributed by atoms with Gasteiger partial charge >= 0.3 is 5.97 Å². The van der Waals surface area contributed by atoms with Crippen LogP contribution in [0.1, 0.15) is 32.4 Å². The second-order valence-electron chi connectivity index (χ2n) is 7.42. The van der Waals surface area contributed by atoms with E-state index in [9.17, 15) is 4.79 Å². The molecule has 30 heavy (non-hydrogen) atoms. The SMILES string of the molecule is COc1ccc([C@H]2C(C(=O)OC(C)C)=C(C)Nc3nc4ccccc4n32)c(OC)c1. The third-order valence-corrected chi connectivity index (χ3v) is 5.13. The quantitative estimate of drug-likeness (QED) is 0.636. The average Bonchev–Trinajstić information content (AvgIpc) is 3.09. The van der Waals surface area contributed by atoms with Crippen molar-refractivity contribution in [1.29, 1.82) is 0 Å². The minimum atomic E-state index is -0.472. The molecule has 0 bridgehead atoms. The van der Waals surface area contributed by atoms with Crippen LogP contribution in [0.5, 0.6) is 11.5 Å². The van der Waals surface area contributed by atoms with Crippen molar-refractivity contribution in [3.63, 3.8) is 0 Å². The van der Waals surface area contributed by atoms with Gasteiger partial charge in [-0.3, -0.25) is 4.57 Å². The van der Waals surface area contributed by atoms with Gasteiger partial charge in [-0.2, -0.15) is 0 Å². The maximum Gasteiger partial charge on any atom is 0.338 e. The number of carbonyl (C=O) groups excluding carboxylic acids is 1. The Balaban J connectivity index is 1.99. The van der Waals surface area contributed by atoms with Crippen LogP contribution in [0.4, 0.5) is 5.95 Å². The molecule has 1 N–H and O–H groups in total. The van der Waals surface area contributed by atoms with E-state index in [4.69, 9.17) is 19.2 Å². The molecular formula is C23H25N3O4. The highest BCUT2D eigenvalue weighted by Crippen LogP contribution is 2.43. The molecule has 2 aromatic carbocycles. The molecule has 0 radical (unpaired) electrons. The molecule has 1 aromatic heterocycles. The van der Waals surface area contributed by atoms with Crippen LogP contribution >= 0.6 is 0 Å². The first-order chi connectivity index (χ1) is 14.4. The lowest BCUT2D eigenvalue weighted by Gasteiger charge is -2.31. The van der Waals surface area contributed by atoms with Crippen LogP contribution < -0.4 is 14.8 Å². The fourth-order valence-electron chi connectivity index (χ4n) is 3.84. The van der Waals surface area contributed by atoms with Crippen LogP contribution in [0.25, 0.3) is 11.0 Å². The van der Waals surface area contributed by atoms with Gasteiger partial charge in [-0.15, -0.1) is 0 Å². The topological polar surface area (TPSA) is 74.6 Å². The van der Waals surface area contributed by atoms with E-state index in [1.807, 2.05) is 67.8 Å². The van der Waals surface area contributed by atoms with Crippen LogP contribution in [-0.2, 0) is 9.53 Å². The Hall–Kier alpha value is -3.48. The van der Waals surface area contributed by atoms with Gasteiger partial charge < -0.3 is 19.5 Å². The number of ether oxygens (including phenoxy) is 3. The zero-order valence-corrected chi connectivity index (χ0v) is 17.7. The summed E-state index contributed by atoms with van der Waals surface area (Å²) >= 11 is 0. The molecule has 3 aromatic rings. The van der Waals surface area contributed by atoms with Gasteiger partial charge in [0.05, 0.1) is 43.0 Å². The minimum absolute atomic E-state index is 0.239. The molecule has 7 heteroatoms. The summed E-state index contributed by atoms with van der Waals surface area (Å²) in [6, 6.07) is 13.0. The van der Waals surface area contributed by atoms with Gasteiger partial charge in [0.25, 0.3) is 0 Å². The number of para-hydroxylation sites is 2. The number of carbonyl (C=O) groups is 1. The number of benzene rings is 2. The second-order valence-corrected chi connectivity index (χ2v) is 7.42. The first-order valence-corrected chi connectivity index (χ1v) is 9.82. The van der Waals surface area contributed by atoms with Crippen molar-refractivity contribution < 1.29 is 19.0 Å². The highest BCUT2D eigenvalue weighted by atomic mass is 16.5. The Bertz CT molecular complexity index is 1150. The Morgan fingerprint density at radius 2 is 1.90 bits per heavy atom. The number of rotatable bonds is 5. The van der Waals surface area contributed by atoms with Gasteiger partial charge in [0.2, 0.25) is 5.95 Å². The van der Waals surface area contributed by atoms with Crippen molar-refractivity contribution in [3.8, 4) is 11.5 Å². The third-order valence-electron chi connectivity index (χ3n) is 5.13. The number of fused-ring (bicyclic) bond motifs is 3. The maximum absolute atomic E-state index is 13.2. The molecule has 0 fully saturated rings. The fourth-order valence-corrected chi connectivity index (χ4v) is 3.84. The van der Waals surface area contributed by atoms with E-state index in [1.165, 1.54) is 0 Å². The van der Waals surface area contributed by atoms with Gasteiger partial charge in [-0.1, -0.05) is 12.1 Å². The molecule has 156 valence electrons. The Kier molecular flexibility index (Phi) is 5.11. The molecular weight excluding hydrogens is 382 g/mol. The van der Waals surface area contributed by atoms with Gasteiger partial charge in [0, 0.05) is 17.3 Å². The number of hydrogen-bond acceptors (Lipinski definition) is 6. The number of methoxy groups -OCH3 is 2. The van der Waals surface area contributed by atoms with Crippen LogP contribution in [0, 0.1) is 0 Å². The lowest BCUT2D eigenvalue weighted by Crippen LogP contribution is -2.30. The summed E-state index contributed by atoms with van der Waals surface area (Å²) < 4.78 is 18.7. The van der Waals surface area contributed by atoms with Crippen LogP contribution in [0.15, 0.2) is 53.7 Å². The number of nitrogens with zero attached hydrogens (tertiary/aromatic N) is 2. The smallest absolute Gasteiger partial charge is 0.338 e. The number of anilines is 1. The van der Waals surface area contributed by atoms with Gasteiger partial charge in [0.15, 0.2) is 0 Å². The highest BCUT2D eigenvalue weighted by Gasteiger charge is 2.36. The largest absolute Gasteiger partial charge is 0.497 e. The van der Waals surface area contributed by atoms with E-state index >= 15 is 0 Å². The van der Waals surface area contributed by atoms with Crippen LogP contribution in [-0.4, -0.2) is 35.8 Å². The van der Waals surface area contributed by atoms with E-state index in [2.05, 4.69) is 5.32 Å². The van der Waals surface area contributed by atoms with Crippen molar-refractivity contribution in [1.82, 2.24) is 9.55 Å². The van der Waals surface area contributed by atoms with Crippen molar-refractivity contribution in [2.45, 2.75) is 32.9 Å². The molecule has 1 atom stereocenters. The number of hydrogen-bond donors (Lipinski definition) is 1. The predicted molar refractivity (Wildman–Crippen MR) is 115 cm³/mol. The summed E-state index contributed by atoms with van der Waals surface area (Å²) in [4.78, 5) is 17.9. The molecule has 0 spiro atoms. The monoisotopic (exact) mass is 407 g/mol. The van der Waals surface area contributed by atoms with Gasteiger partial charge in [0.1, 0.15) is 11.5 Å². The molecule has 1 aliphatic rings. The van der Waals surface area contributed by atoms with Crippen molar-refractivity contribution in [3.05, 3.63) is 59.3 Å². The number of allylic oxidation sites excluding steroid dienone is 1. The summed E-state index contributed by atoms with van der Waals surface area (Å²) in [5.74, 6) is 1.58. The molecule has 0 saturated heterocycles. The lowest BCUT2D eigenvalue weighted by atomic mass is 9.94. The van der Waals surface area contributed by atoms with E-state index < -0.39 is 6.04 Å². The summed E-state index contributed by atoms with van der Waals surface area (Å²) in [6.45, 7) is 5.54. The first-order valence-electron chi connectivity index (χ1n) is 9.82. The van der Waals surface area contributed by atoms with E-state index in [0.29, 0.717) is 28.7 Å². The molecule has 4 rings (SSSR count). The standard InChI is InChI=1S/C23H25N3O4/c1-13(2)30-22(27)20-14(3)24-23-25-17-8-6-7-9-18(17)26(23)21(20)16-11-10-15(28-4)12-19(16)29-5/h6-13,21H,1-5H3,(H,24,25)/t21-/m0/s1. The van der Waals surface area contributed by atoms with E-state index in [1.54, 1.807) is 14.2 Å². The maximum atomic E-state index is 13.2. The number of imidazole rings is 1. The molecule has 0 amide bonds. The first kappa shape index (κ1) is 19.8. The predicted octanol–water partition coefficient (Wildman–Crippen LogP) is 4.29. The molecule has 7 nitrogen and oxygen atoms in total. The Labute approximate surface area is 175 Å². The van der Waals surface area contributed by atoms with Crippen molar-refractivity contribution in [2.75, 3.05) is 19.5 Å². The highest BCUT2D eigenvalue weighted by molar-refractivity contribution is 5.94. The van der Waals surface area contributed by atoms with Crippen molar-refractivity contribution in [2.24, 2.45) is 0 Å². The molecule has 2 heterocycles. The van der Waals surface area contributed by atoms with Gasteiger partial charge in [-0.05, 0) is 45.0 Å². The minimum Gasteiger partial charge on any atom is -0.497 e. The molecule has 1 aliphatic heterocycles. The number of esters is 1. The van der Waals surface area contributed by atoms with Crippen LogP contribution in [0.2, 0.25) is 0 Å². The molecule has 0 aliphatic carbocycles. The summed E-state index contributed by atoms with van der Waals surface area (Å²) in [7, 11) is 3.21. The van der Waals surface area contributed by atoms with Gasteiger partial charge in [-0.25, -0.2) is 9.78 Å². The lowest BCUT2D eigenvalue weighted by molar-refractivity contribution is -0.143. The molecule has 0 saturated carbocycles. The normalized spacial score (nSPS) is 15.7. The van der Waals surface area contributed by atoms with E-state index in [0.717, 1.165) is 16.6 Å². The fraction of sp³-hybridized carbons (Fsp3) is 0.304. The number of nitrogens with one attached hydrogen (secondary N) is 1. The molecule has 0 unspecified atom stereocenters. The summed E-state index contributed by atoms with van der Waals surface area (Å²) in [5, 5.41) is 3.28. The number of aromatic nitrogens is 2. The van der Waals surface area contributed by atoms with Crippen molar-refractivity contribution >= 4 is 23.0 Å². The average molecular weight is 407 g/mol. The van der Waals surface area contributed by atoms with E-state index in [-0.39, 0.29) is 12.1 Å². The zero-order valence-electron chi connectivity index (χ0n) is 17.7. The third kappa shape index (κ3) is 3.26. The summed E-state index contributed by atoms with van der Waals surface area (Å²) in [5.41, 5.74) is 3.78. The Morgan fingerprint density at radius 1 is 1.13 bits per heavy atom. The van der Waals surface area contributed by atoms with Crippen LogP contribution in [0.3, 0.4) is 0 Å². The second kappa shape index (κ2) is 7.74.